The van der Waals surface area contributed by atoms with E-state index in [1.165, 1.54) is 0 Å². The topological polar surface area (TPSA) is 75.1 Å². The van der Waals surface area contributed by atoms with Gasteiger partial charge in [-0.25, -0.2) is 0 Å². The first kappa shape index (κ1) is 13.9. The van der Waals surface area contributed by atoms with E-state index in [2.05, 4.69) is 29.4 Å². The van der Waals surface area contributed by atoms with Gasteiger partial charge >= 0.3 is 5.97 Å². The van der Waals surface area contributed by atoms with Crippen molar-refractivity contribution in [3.63, 3.8) is 0 Å². The molecule has 1 heterocycles. The molecule has 0 aliphatic rings. The van der Waals surface area contributed by atoms with E-state index < -0.39 is 5.97 Å². The van der Waals surface area contributed by atoms with Crippen molar-refractivity contribution >= 4 is 22.4 Å². The standard InChI is InChI=1S/C11H19N3O2S/c1-7(2)6-9-13-14-11(17-9)12-8(3)4-5-10(15)16/h7-8H,4-6H2,1-3H3,(H,12,14)(H,15,16). The monoisotopic (exact) mass is 257 g/mol. The molecule has 1 aromatic heterocycles. The molecule has 1 rings (SSSR count). The van der Waals surface area contributed by atoms with Crippen LogP contribution in [0.15, 0.2) is 0 Å². The van der Waals surface area contributed by atoms with E-state index in [1.807, 2.05) is 6.92 Å². The van der Waals surface area contributed by atoms with Crippen molar-refractivity contribution in [3.05, 3.63) is 5.01 Å². The van der Waals surface area contributed by atoms with Crippen LogP contribution in [0, 0.1) is 5.92 Å². The number of carboxylic acid groups (broad SMARTS) is 1. The Morgan fingerprint density at radius 3 is 2.71 bits per heavy atom. The predicted molar refractivity (Wildman–Crippen MR) is 68.4 cm³/mol. The zero-order valence-electron chi connectivity index (χ0n) is 10.4. The molecule has 0 bridgehead atoms. The van der Waals surface area contributed by atoms with Crippen LogP contribution in [0.2, 0.25) is 0 Å². The van der Waals surface area contributed by atoms with Gasteiger partial charge in [0.2, 0.25) is 5.13 Å². The zero-order chi connectivity index (χ0) is 12.8. The Bertz CT molecular complexity index is 365. The van der Waals surface area contributed by atoms with Crippen molar-refractivity contribution in [1.29, 1.82) is 0 Å². The lowest BCUT2D eigenvalue weighted by atomic mass is 10.1. The zero-order valence-corrected chi connectivity index (χ0v) is 11.3. The van der Waals surface area contributed by atoms with Crippen molar-refractivity contribution in [1.82, 2.24) is 10.2 Å². The number of anilines is 1. The molecule has 0 amide bonds. The van der Waals surface area contributed by atoms with Crippen molar-refractivity contribution in [2.45, 2.75) is 46.1 Å². The van der Waals surface area contributed by atoms with Gasteiger partial charge < -0.3 is 10.4 Å². The quantitative estimate of drug-likeness (QED) is 0.784. The van der Waals surface area contributed by atoms with Gasteiger partial charge in [-0.15, -0.1) is 10.2 Å². The van der Waals surface area contributed by atoms with Crippen LogP contribution in [0.4, 0.5) is 5.13 Å². The number of hydrogen-bond acceptors (Lipinski definition) is 5. The lowest BCUT2D eigenvalue weighted by molar-refractivity contribution is -0.137. The number of hydrogen-bond donors (Lipinski definition) is 2. The number of carbonyl (C=O) groups is 1. The van der Waals surface area contributed by atoms with Crippen LogP contribution in [0.1, 0.15) is 38.6 Å². The minimum atomic E-state index is -0.767. The molecule has 0 aromatic carbocycles. The Morgan fingerprint density at radius 2 is 2.12 bits per heavy atom. The molecule has 5 nitrogen and oxygen atoms in total. The van der Waals surface area contributed by atoms with Gasteiger partial charge in [-0.3, -0.25) is 4.79 Å². The fraction of sp³-hybridized carbons (Fsp3) is 0.727. The second-order valence-electron chi connectivity index (χ2n) is 4.58. The van der Waals surface area contributed by atoms with Crippen LogP contribution < -0.4 is 5.32 Å². The number of carboxylic acids is 1. The van der Waals surface area contributed by atoms with E-state index in [0.29, 0.717) is 12.3 Å². The third-order valence-electron chi connectivity index (χ3n) is 2.21. The molecular formula is C11H19N3O2S. The minimum absolute atomic E-state index is 0.103. The Morgan fingerprint density at radius 1 is 1.41 bits per heavy atom. The molecule has 17 heavy (non-hydrogen) atoms. The summed E-state index contributed by atoms with van der Waals surface area (Å²) in [5, 5.41) is 21.7. The van der Waals surface area contributed by atoms with Gasteiger partial charge in [0.05, 0.1) is 0 Å². The maximum atomic E-state index is 10.4. The largest absolute Gasteiger partial charge is 0.481 e. The Labute approximate surface area is 105 Å². The van der Waals surface area contributed by atoms with Gasteiger partial charge in [-0.2, -0.15) is 0 Å². The number of aliphatic carboxylic acids is 1. The molecule has 0 fully saturated rings. The molecule has 0 saturated carbocycles. The van der Waals surface area contributed by atoms with Crippen LogP contribution in [0.5, 0.6) is 0 Å². The summed E-state index contributed by atoms with van der Waals surface area (Å²) in [5.74, 6) is -0.198. The van der Waals surface area contributed by atoms with Crippen LogP contribution in [0.25, 0.3) is 0 Å². The number of rotatable bonds is 7. The number of nitrogens with zero attached hydrogens (tertiary/aromatic N) is 2. The maximum Gasteiger partial charge on any atom is 0.303 e. The van der Waals surface area contributed by atoms with Gasteiger partial charge in [0, 0.05) is 18.9 Å². The average molecular weight is 257 g/mol. The normalized spacial score (nSPS) is 12.7. The first-order valence-corrected chi connectivity index (χ1v) is 6.59. The lowest BCUT2D eigenvalue weighted by Gasteiger charge is -2.10. The highest BCUT2D eigenvalue weighted by molar-refractivity contribution is 7.15. The third kappa shape index (κ3) is 5.63. The molecular weight excluding hydrogens is 238 g/mol. The molecule has 0 aliphatic heterocycles. The predicted octanol–water partition coefficient (Wildman–Crippen LogP) is 2.40. The molecule has 2 N–H and O–H groups in total. The minimum Gasteiger partial charge on any atom is -0.481 e. The SMILES string of the molecule is CC(C)Cc1nnc(NC(C)CCC(=O)O)s1. The first-order valence-electron chi connectivity index (χ1n) is 5.78. The molecule has 6 heteroatoms. The Kier molecular flexibility index (Phi) is 5.34. The summed E-state index contributed by atoms with van der Waals surface area (Å²) >= 11 is 1.54. The fourth-order valence-electron chi connectivity index (χ4n) is 1.37. The molecule has 0 spiro atoms. The van der Waals surface area contributed by atoms with Crippen molar-refractivity contribution < 1.29 is 9.90 Å². The molecule has 0 saturated heterocycles. The molecule has 96 valence electrons. The van der Waals surface area contributed by atoms with Crippen molar-refractivity contribution in [2.75, 3.05) is 5.32 Å². The van der Waals surface area contributed by atoms with Crippen LogP contribution >= 0.6 is 11.3 Å². The summed E-state index contributed by atoms with van der Waals surface area (Å²) in [6, 6.07) is 0.103. The van der Waals surface area contributed by atoms with Crippen molar-refractivity contribution in [3.8, 4) is 0 Å². The van der Waals surface area contributed by atoms with Gasteiger partial charge in [-0.05, 0) is 19.3 Å². The second kappa shape index (κ2) is 6.54. The van der Waals surface area contributed by atoms with Crippen LogP contribution in [-0.4, -0.2) is 27.3 Å². The summed E-state index contributed by atoms with van der Waals surface area (Å²) in [5.41, 5.74) is 0. The highest BCUT2D eigenvalue weighted by atomic mass is 32.1. The molecule has 1 aromatic rings. The molecule has 0 aliphatic carbocycles. The highest BCUT2D eigenvalue weighted by Gasteiger charge is 2.10. The van der Waals surface area contributed by atoms with Gasteiger partial charge in [0.1, 0.15) is 5.01 Å². The summed E-state index contributed by atoms with van der Waals surface area (Å²) in [6.07, 6.45) is 1.70. The van der Waals surface area contributed by atoms with Crippen LogP contribution in [0.3, 0.4) is 0 Å². The first-order chi connectivity index (χ1) is 7.97. The summed E-state index contributed by atoms with van der Waals surface area (Å²) < 4.78 is 0. The fourth-order valence-corrected chi connectivity index (χ4v) is 2.43. The highest BCUT2D eigenvalue weighted by Crippen LogP contribution is 2.19. The van der Waals surface area contributed by atoms with E-state index in [-0.39, 0.29) is 12.5 Å². The summed E-state index contributed by atoms with van der Waals surface area (Å²) in [4.78, 5) is 10.4. The average Bonchev–Trinajstić information content (AvgIpc) is 2.61. The van der Waals surface area contributed by atoms with E-state index >= 15 is 0 Å². The summed E-state index contributed by atoms with van der Waals surface area (Å²) in [7, 11) is 0. The van der Waals surface area contributed by atoms with E-state index in [0.717, 1.165) is 16.6 Å². The van der Waals surface area contributed by atoms with Gasteiger partial charge in [0.15, 0.2) is 0 Å². The Balaban J connectivity index is 2.40. The lowest BCUT2D eigenvalue weighted by Crippen LogP contribution is -2.16. The number of aromatic nitrogens is 2. The third-order valence-corrected chi connectivity index (χ3v) is 3.09. The van der Waals surface area contributed by atoms with Gasteiger partial charge in [0.25, 0.3) is 0 Å². The van der Waals surface area contributed by atoms with Crippen LogP contribution in [-0.2, 0) is 11.2 Å². The van der Waals surface area contributed by atoms with E-state index in [4.69, 9.17) is 5.11 Å². The second-order valence-corrected chi connectivity index (χ2v) is 5.64. The smallest absolute Gasteiger partial charge is 0.303 e. The number of nitrogens with one attached hydrogen (secondary N) is 1. The summed E-state index contributed by atoms with van der Waals surface area (Å²) in [6.45, 7) is 6.24. The van der Waals surface area contributed by atoms with Crippen molar-refractivity contribution in [2.24, 2.45) is 5.92 Å². The van der Waals surface area contributed by atoms with E-state index in [1.54, 1.807) is 11.3 Å². The molecule has 0 radical (unpaired) electrons. The maximum absolute atomic E-state index is 10.4. The van der Waals surface area contributed by atoms with Gasteiger partial charge in [-0.1, -0.05) is 25.2 Å². The van der Waals surface area contributed by atoms with E-state index in [9.17, 15) is 4.79 Å². The molecule has 1 atom stereocenters. The Hall–Kier alpha value is -1.17. The molecule has 1 unspecified atom stereocenters.